The number of aliphatic hydroxyl groups is 1. The molecule has 0 saturated carbocycles. The minimum Gasteiger partial charge on any atom is -0.395 e. The number of amides is 2. The number of carbonyl (C=O) groups is 2. The Morgan fingerprint density at radius 2 is 1.93 bits per heavy atom. The average molecular weight is 428 g/mol. The number of aliphatic hydroxyl groups excluding tert-OH is 1. The van der Waals surface area contributed by atoms with Crippen LogP contribution in [0.3, 0.4) is 0 Å². The first-order chi connectivity index (χ1) is 14.6. The molecule has 2 aromatic rings. The van der Waals surface area contributed by atoms with Gasteiger partial charge in [0.15, 0.2) is 0 Å². The van der Waals surface area contributed by atoms with E-state index in [1.54, 1.807) is 17.8 Å². The van der Waals surface area contributed by atoms with E-state index in [0.29, 0.717) is 5.69 Å². The summed E-state index contributed by atoms with van der Waals surface area (Å²) in [6, 6.07) is 15.6. The maximum Gasteiger partial charge on any atom is 0.313 e. The number of carbonyl (C=O) groups excluding carboxylic acids is 2. The van der Waals surface area contributed by atoms with E-state index in [1.807, 2.05) is 48.7 Å². The lowest BCUT2D eigenvalue weighted by Gasteiger charge is -2.24. The van der Waals surface area contributed by atoms with Crippen molar-refractivity contribution in [3.63, 3.8) is 0 Å². The minimum atomic E-state index is -0.673. The maximum atomic E-state index is 12.3. The normalized spacial score (nSPS) is 16.4. The lowest BCUT2D eigenvalue weighted by molar-refractivity contribution is -0.136. The molecule has 0 spiro atoms. The van der Waals surface area contributed by atoms with E-state index in [0.717, 1.165) is 48.4 Å². The Balaban J connectivity index is 1.57. The first kappa shape index (κ1) is 22.3. The summed E-state index contributed by atoms with van der Waals surface area (Å²) < 4.78 is 0. The van der Waals surface area contributed by atoms with Crippen LogP contribution in [0.25, 0.3) is 0 Å². The molecule has 0 radical (unpaired) electrons. The molecule has 3 rings (SSSR count). The van der Waals surface area contributed by atoms with Gasteiger partial charge in [0.25, 0.3) is 0 Å². The lowest BCUT2D eigenvalue weighted by Crippen LogP contribution is -2.35. The molecule has 2 aromatic carbocycles. The van der Waals surface area contributed by atoms with Crippen LogP contribution in [-0.4, -0.2) is 47.3 Å². The number of hydrogen-bond donors (Lipinski definition) is 3. The molecule has 160 valence electrons. The van der Waals surface area contributed by atoms with Crippen LogP contribution < -0.4 is 10.6 Å². The average Bonchev–Trinajstić information content (AvgIpc) is 3.20. The third kappa shape index (κ3) is 6.08. The summed E-state index contributed by atoms with van der Waals surface area (Å²) in [7, 11) is 0. The monoisotopic (exact) mass is 427 g/mol. The van der Waals surface area contributed by atoms with Crippen molar-refractivity contribution in [3.8, 4) is 0 Å². The lowest BCUT2D eigenvalue weighted by atomic mass is 10.1. The van der Waals surface area contributed by atoms with Crippen LogP contribution in [-0.2, 0) is 28.4 Å². The van der Waals surface area contributed by atoms with Crippen molar-refractivity contribution in [2.75, 3.05) is 24.7 Å². The Bertz CT molecular complexity index is 874. The Morgan fingerprint density at radius 3 is 2.70 bits per heavy atom. The highest BCUT2D eigenvalue weighted by atomic mass is 32.2. The highest BCUT2D eigenvalue weighted by molar-refractivity contribution is 7.97. The van der Waals surface area contributed by atoms with E-state index in [1.165, 1.54) is 0 Å². The van der Waals surface area contributed by atoms with Crippen molar-refractivity contribution in [3.05, 3.63) is 65.2 Å². The van der Waals surface area contributed by atoms with Gasteiger partial charge in [-0.15, -0.1) is 0 Å². The number of likely N-dealkylation sites (tertiary alicyclic amines) is 1. The second kappa shape index (κ2) is 11.2. The molecule has 6 nitrogen and oxygen atoms in total. The molecule has 2 amide bonds. The summed E-state index contributed by atoms with van der Waals surface area (Å²) in [6.45, 7) is 2.14. The van der Waals surface area contributed by atoms with E-state index in [9.17, 15) is 14.7 Å². The molecular formula is C23H29N3O3S. The number of nitrogens with one attached hydrogen (secondary N) is 2. The van der Waals surface area contributed by atoms with Crippen LogP contribution in [0.2, 0.25) is 0 Å². The van der Waals surface area contributed by atoms with Gasteiger partial charge < -0.3 is 15.7 Å². The summed E-state index contributed by atoms with van der Waals surface area (Å²) >= 11 is 1.70. The number of rotatable bonds is 8. The molecule has 0 aromatic heterocycles. The molecule has 1 heterocycles. The third-order valence-corrected chi connectivity index (χ3v) is 5.97. The summed E-state index contributed by atoms with van der Waals surface area (Å²) in [6.07, 6.45) is 4.11. The van der Waals surface area contributed by atoms with E-state index in [-0.39, 0.29) is 19.2 Å². The summed E-state index contributed by atoms with van der Waals surface area (Å²) in [4.78, 5) is 26.9. The minimum absolute atomic E-state index is 0.164. The van der Waals surface area contributed by atoms with Crippen molar-refractivity contribution in [1.82, 2.24) is 10.2 Å². The fraction of sp³-hybridized carbons (Fsp3) is 0.391. The molecule has 1 fully saturated rings. The van der Waals surface area contributed by atoms with Crippen LogP contribution in [0.5, 0.6) is 0 Å². The molecule has 0 bridgehead atoms. The molecule has 30 heavy (non-hydrogen) atoms. The van der Waals surface area contributed by atoms with Gasteiger partial charge in [-0.25, -0.2) is 0 Å². The fourth-order valence-corrected chi connectivity index (χ4v) is 4.28. The number of benzene rings is 2. The first-order valence-electron chi connectivity index (χ1n) is 10.2. The van der Waals surface area contributed by atoms with Gasteiger partial charge in [0.2, 0.25) is 0 Å². The van der Waals surface area contributed by atoms with Crippen molar-refractivity contribution in [1.29, 1.82) is 0 Å². The van der Waals surface area contributed by atoms with E-state index in [4.69, 9.17) is 0 Å². The topological polar surface area (TPSA) is 81.7 Å². The van der Waals surface area contributed by atoms with Gasteiger partial charge in [-0.05, 0) is 54.5 Å². The van der Waals surface area contributed by atoms with Gasteiger partial charge in [0.05, 0.1) is 6.61 Å². The fourth-order valence-electron chi connectivity index (χ4n) is 3.76. The number of thioether (sulfide) groups is 1. The largest absolute Gasteiger partial charge is 0.395 e. The molecule has 1 unspecified atom stereocenters. The Labute approximate surface area is 182 Å². The standard InChI is InChI=1S/C23H29N3O3S/c1-30-16-17-6-4-9-20(12-17)25-23(29)22(28)24-13-18-7-2-3-8-19(18)14-26-11-5-10-21(26)15-27/h2-4,6-9,12,21,27H,5,10-11,13-16H2,1H3,(H,24,28)(H,25,29). The molecule has 1 atom stereocenters. The van der Waals surface area contributed by atoms with Gasteiger partial charge in [-0.1, -0.05) is 36.4 Å². The number of anilines is 1. The van der Waals surface area contributed by atoms with E-state index < -0.39 is 11.8 Å². The van der Waals surface area contributed by atoms with Crippen molar-refractivity contribution >= 4 is 29.3 Å². The van der Waals surface area contributed by atoms with Crippen molar-refractivity contribution in [2.45, 2.75) is 37.7 Å². The van der Waals surface area contributed by atoms with Crippen LogP contribution in [0.4, 0.5) is 5.69 Å². The Kier molecular flexibility index (Phi) is 8.30. The number of nitrogens with zero attached hydrogens (tertiary/aromatic N) is 1. The van der Waals surface area contributed by atoms with Gasteiger partial charge >= 0.3 is 11.8 Å². The smallest absolute Gasteiger partial charge is 0.313 e. The third-order valence-electron chi connectivity index (χ3n) is 5.34. The Morgan fingerprint density at radius 1 is 1.13 bits per heavy atom. The predicted molar refractivity (Wildman–Crippen MR) is 121 cm³/mol. The quantitative estimate of drug-likeness (QED) is 0.565. The molecular weight excluding hydrogens is 398 g/mol. The van der Waals surface area contributed by atoms with Crippen molar-refractivity contribution in [2.24, 2.45) is 0 Å². The van der Waals surface area contributed by atoms with Gasteiger partial charge in [0.1, 0.15) is 0 Å². The van der Waals surface area contributed by atoms with Gasteiger partial charge in [-0.3, -0.25) is 14.5 Å². The number of hydrogen-bond acceptors (Lipinski definition) is 5. The molecule has 7 heteroatoms. The summed E-state index contributed by atoms with van der Waals surface area (Å²) in [5.41, 5.74) is 3.79. The predicted octanol–water partition coefficient (Wildman–Crippen LogP) is 2.76. The molecule has 0 aliphatic carbocycles. The summed E-state index contributed by atoms with van der Waals surface area (Å²) in [5, 5.41) is 14.9. The van der Waals surface area contributed by atoms with Gasteiger partial charge in [0, 0.05) is 30.6 Å². The highest BCUT2D eigenvalue weighted by Crippen LogP contribution is 2.21. The summed E-state index contributed by atoms with van der Waals surface area (Å²) in [5.74, 6) is -0.482. The first-order valence-corrected chi connectivity index (χ1v) is 11.6. The highest BCUT2D eigenvalue weighted by Gasteiger charge is 2.24. The van der Waals surface area contributed by atoms with Crippen LogP contribution >= 0.6 is 11.8 Å². The molecule has 1 aliphatic rings. The van der Waals surface area contributed by atoms with Crippen LogP contribution in [0, 0.1) is 0 Å². The zero-order valence-corrected chi connectivity index (χ0v) is 18.1. The van der Waals surface area contributed by atoms with Crippen LogP contribution in [0.15, 0.2) is 48.5 Å². The maximum absolute atomic E-state index is 12.3. The second-order valence-corrected chi connectivity index (χ2v) is 8.35. The molecule has 1 saturated heterocycles. The zero-order chi connectivity index (χ0) is 21.3. The van der Waals surface area contributed by atoms with E-state index in [2.05, 4.69) is 15.5 Å². The molecule has 3 N–H and O–H groups in total. The Hall–Kier alpha value is -2.35. The van der Waals surface area contributed by atoms with Crippen molar-refractivity contribution < 1.29 is 14.7 Å². The van der Waals surface area contributed by atoms with Crippen LogP contribution in [0.1, 0.15) is 29.5 Å². The SMILES string of the molecule is CSCc1cccc(NC(=O)C(=O)NCc2ccccc2CN2CCCC2CO)c1. The zero-order valence-electron chi connectivity index (χ0n) is 17.3. The molecule has 1 aliphatic heterocycles. The second-order valence-electron chi connectivity index (χ2n) is 7.49. The van der Waals surface area contributed by atoms with Gasteiger partial charge in [-0.2, -0.15) is 11.8 Å². The van der Waals surface area contributed by atoms with E-state index >= 15 is 0 Å².